The molecule has 0 N–H and O–H groups in total. The average Bonchev–Trinajstić information content (AvgIpc) is 2.26. The number of pyridine rings is 1. The summed E-state index contributed by atoms with van der Waals surface area (Å²) in [5, 5.41) is 8.82. The predicted molar refractivity (Wildman–Crippen MR) is 57.3 cm³/mol. The van der Waals surface area contributed by atoms with E-state index in [1.54, 1.807) is 31.3 Å². The molecule has 1 heterocycles. The van der Waals surface area contributed by atoms with Gasteiger partial charge >= 0.3 is 0 Å². The molecule has 0 spiro atoms. The molecule has 0 aromatic carbocycles. The summed E-state index contributed by atoms with van der Waals surface area (Å²) in [5.41, 5.74) is 1.04. The van der Waals surface area contributed by atoms with Crippen LogP contribution in [0, 0.1) is 11.3 Å². The largest absolute Gasteiger partial charge is 0.495 e. The normalized spacial score (nSPS) is 11.8. The van der Waals surface area contributed by atoms with Gasteiger partial charge in [-0.15, -0.1) is 0 Å². The zero-order valence-electron chi connectivity index (χ0n) is 8.23. The Morgan fingerprint density at radius 2 is 2.43 bits per heavy atom. The molecule has 14 heavy (non-hydrogen) atoms. The van der Waals surface area contributed by atoms with E-state index in [-0.39, 0.29) is 5.25 Å². The summed E-state index contributed by atoms with van der Waals surface area (Å²) in [4.78, 5) is 4.06. The lowest BCUT2D eigenvalue weighted by Crippen LogP contribution is -1.94. The van der Waals surface area contributed by atoms with Crippen molar-refractivity contribution in [1.29, 1.82) is 5.26 Å². The molecule has 0 saturated carbocycles. The van der Waals surface area contributed by atoms with Crippen molar-refractivity contribution < 1.29 is 4.74 Å². The van der Waals surface area contributed by atoms with Gasteiger partial charge in [-0.1, -0.05) is 0 Å². The van der Waals surface area contributed by atoms with Gasteiger partial charge in [0, 0.05) is 11.4 Å². The molecule has 4 heteroatoms. The van der Waals surface area contributed by atoms with Crippen LogP contribution in [-0.2, 0) is 0 Å². The molecule has 1 unspecified atom stereocenters. The van der Waals surface area contributed by atoms with Gasteiger partial charge in [-0.3, -0.25) is 4.98 Å². The van der Waals surface area contributed by atoms with Gasteiger partial charge in [0.2, 0.25) is 0 Å². The van der Waals surface area contributed by atoms with Crippen LogP contribution in [-0.4, -0.2) is 18.3 Å². The molecule has 0 saturated heterocycles. The maximum absolute atomic E-state index is 8.64. The zero-order chi connectivity index (χ0) is 10.4. The van der Waals surface area contributed by atoms with E-state index in [4.69, 9.17) is 10.00 Å². The highest BCUT2D eigenvalue weighted by Gasteiger charge is 2.10. The second kappa shape index (κ2) is 5.51. The van der Waals surface area contributed by atoms with Crippen molar-refractivity contribution in [3.63, 3.8) is 0 Å². The van der Waals surface area contributed by atoms with Gasteiger partial charge in [0.05, 0.1) is 25.8 Å². The fraction of sp³-hybridized carbons (Fsp3) is 0.400. The molecule has 3 nitrogen and oxygen atoms in total. The minimum Gasteiger partial charge on any atom is -0.495 e. The van der Waals surface area contributed by atoms with Crippen LogP contribution in [0.15, 0.2) is 18.5 Å². The van der Waals surface area contributed by atoms with Crippen molar-refractivity contribution in [2.24, 2.45) is 0 Å². The summed E-state index contributed by atoms with van der Waals surface area (Å²) in [6, 6.07) is 4.09. The Balaban J connectivity index is 2.87. The maximum atomic E-state index is 8.64. The third kappa shape index (κ3) is 2.64. The topological polar surface area (TPSA) is 45.9 Å². The van der Waals surface area contributed by atoms with Gasteiger partial charge < -0.3 is 4.74 Å². The number of hydrogen-bond acceptors (Lipinski definition) is 4. The minimum atomic E-state index is 0.183. The van der Waals surface area contributed by atoms with Crippen molar-refractivity contribution in [2.75, 3.05) is 13.4 Å². The standard InChI is InChI=1S/C10H12N2OS/c1-13-9-5-8(6-12-7-9)10(14-2)3-4-11/h5-7,10H,3H2,1-2H3. The number of ether oxygens (including phenoxy) is 1. The molecule has 0 aliphatic heterocycles. The molecule has 0 fully saturated rings. The number of aromatic nitrogens is 1. The third-order valence-electron chi connectivity index (χ3n) is 1.90. The summed E-state index contributed by atoms with van der Waals surface area (Å²) in [7, 11) is 1.61. The first kappa shape index (κ1) is 10.9. The molecule has 1 rings (SSSR count). The molecule has 1 aromatic heterocycles. The molecule has 1 atom stereocenters. The second-order valence-electron chi connectivity index (χ2n) is 2.74. The van der Waals surface area contributed by atoms with Gasteiger partial charge in [-0.2, -0.15) is 17.0 Å². The van der Waals surface area contributed by atoms with Crippen LogP contribution in [0.2, 0.25) is 0 Å². The van der Waals surface area contributed by atoms with E-state index in [0.717, 1.165) is 11.3 Å². The van der Waals surface area contributed by atoms with Crippen LogP contribution in [0.4, 0.5) is 0 Å². The number of rotatable bonds is 4. The molecule has 0 aliphatic rings. The Bertz CT molecular complexity index is 335. The first-order valence-electron chi connectivity index (χ1n) is 4.20. The lowest BCUT2D eigenvalue weighted by molar-refractivity contribution is 0.412. The van der Waals surface area contributed by atoms with Gasteiger partial charge in [-0.25, -0.2) is 0 Å². The number of thioether (sulfide) groups is 1. The van der Waals surface area contributed by atoms with Gasteiger partial charge in [0.25, 0.3) is 0 Å². The molecular formula is C10H12N2OS. The molecule has 1 aromatic rings. The number of methoxy groups -OCH3 is 1. The summed E-state index contributed by atoms with van der Waals surface area (Å²) < 4.78 is 5.07. The van der Waals surface area contributed by atoms with E-state index in [0.29, 0.717) is 6.42 Å². The lowest BCUT2D eigenvalue weighted by atomic mass is 10.1. The minimum absolute atomic E-state index is 0.183. The van der Waals surface area contributed by atoms with Gasteiger partial charge in [-0.05, 0) is 17.9 Å². The monoisotopic (exact) mass is 208 g/mol. The van der Waals surface area contributed by atoms with Crippen molar-refractivity contribution >= 4 is 11.8 Å². The molecule has 0 aliphatic carbocycles. The fourth-order valence-electron chi connectivity index (χ4n) is 1.14. The van der Waals surface area contributed by atoms with Gasteiger partial charge in [0.15, 0.2) is 0 Å². The van der Waals surface area contributed by atoms with Crippen LogP contribution < -0.4 is 4.74 Å². The van der Waals surface area contributed by atoms with Gasteiger partial charge in [0.1, 0.15) is 5.75 Å². The Kier molecular flexibility index (Phi) is 4.27. The van der Waals surface area contributed by atoms with Crippen LogP contribution >= 0.6 is 11.8 Å². The summed E-state index contributed by atoms with van der Waals surface area (Å²) in [5.74, 6) is 0.736. The van der Waals surface area contributed by atoms with Crippen molar-refractivity contribution in [3.8, 4) is 11.8 Å². The highest BCUT2D eigenvalue weighted by molar-refractivity contribution is 7.98. The highest BCUT2D eigenvalue weighted by Crippen LogP contribution is 2.30. The first-order valence-corrected chi connectivity index (χ1v) is 5.49. The van der Waals surface area contributed by atoms with Crippen LogP contribution in [0.5, 0.6) is 5.75 Å². The Morgan fingerprint density at radius 3 is 3.00 bits per heavy atom. The first-order chi connectivity index (χ1) is 6.81. The summed E-state index contributed by atoms with van der Waals surface area (Å²) >= 11 is 1.65. The van der Waals surface area contributed by atoms with E-state index < -0.39 is 0 Å². The molecular weight excluding hydrogens is 196 g/mol. The highest BCUT2D eigenvalue weighted by atomic mass is 32.2. The molecule has 0 bridgehead atoms. The van der Waals surface area contributed by atoms with Crippen LogP contribution in [0.25, 0.3) is 0 Å². The molecule has 74 valence electrons. The Hall–Kier alpha value is -1.21. The fourth-order valence-corrected chi connectivity index (χ4v) is 1.79. The Morgan fingerprint density at radius 1 is 1.64 bits per heavy atom. The van der Waals surface area contributed by atoms with E-state index in [1.807, 2.05) is 12.3 Å². The summed E-state index contributed by atoms with van der Waals surface area (Å²) in [6.45, 7) is 0. The number of hydrogen-bond donors (Lipinski definition) is 0. The maximum Gasteiger partial charge on any atom is 0.137 e. The van der Waals surface area contributed by atoms with E-state index >= 15 is 0 Å². The van der Waals surface area contributed by atoms with E-state index in [1.165, 1.54) is 0 Å². The lowest BCUT2D eigenvalue weighted by Gasteiger charge is -2.11. The van der Waals surface area contributed by atoms with E-state index in [9.17, 15) is 0 Å². The van der Waals surface area contributed by atoms with Crippen molar-refractivity contribution in [2.45, 2.75) is 11.7 Å². The SMILES string of the molecule is COc1cncc(C(CC#N)SC)c1. The second-order valence-corrected chi connectivity index (χ2v) is 3.79. The average molecular weight is 208 g/mol. The van der Waals surface area contributed by atoms with E-state index in [2.05, 4.69) is 11.1 Å². The number of nitriles is 1. The smallest absolute Gasteiger partial charge is 0.137 e. The van der Waals surface area contributed by atoms with Crippen LogP contribution in [0.3, 0.4) is 0 Å². The van der Waals surface area contributed by atoms with Crippen LogP contribution in [0.1, 0.15) is 17.2 Å². The Labute approximate surface area is 88.1 Å². The molecule has 0 radical (unpaired) electrons. The zero-order valence-corrected chi connectivity index (χ0v) is 9.04. The quantitative estimate of drug-likeness (QED) is 0.762. The van der Waals surface area contributed by atoms with Crippen molar-refractivity contribution in [1.82, 2.24) is 4.98 Å². The number of nitrogens with zero attached hydrogens (tertiary/aromatic N) is 2. The predicted octanol–water partition coefficient (Wildman–Crippen LogP) is 2.41. The molecule has 0 amide bonds. The summed E-state index contributed by atoms with van der Waals surface area (Å²) in [6.07, 6.45) is 5.92. The van der Waals surface area contributed by atoms with Crippen molar-refractivity contribution in [3.05, 3.63) is 24.0 Å². The third-order valence-corrected chi connectivity index (χ3v) is 2.91.